The van der Waals surface area contributed by atoms with Crippen LogP contribution < -0.4 is 14.1 Å². The molecule has 10 heteroatoms. The molecule has 0 bridgehead atoms. The van der Waals surface area contributed by atoms with Crippen LogP contribution in [-0.2, 0) is 7.05 Å². The average molecular weight is 402 g/mol. The van der Waals surface area contributed by atoms with Crippen LogP contribution in [0.15, 0.2) is 36.4 Å². The number of rotatable bonds is 5. The molecule has 26 heavy (non-hydrogen) atoms. The second-order valence-electron chi connectivity index (χ2n) is 5.14. The third-order valence-corrected chi connectivity index (χ3v) is 6.23. The Morgan fingerprint density at radius 1 is 0.885 bits per heavy atom. The number of aromatic nitrogens is 2. The zero-order chi connectivity index (χ0) is 18.8. The van der Waals surface area contributed by atoms with Crippen LogP contribution in [-0.4, -0.2) is 9.54 Å². The summed E-state index contributed by atoms with van der Waals surface area (Å²) >= 11 is 0. The van der Waals surface area contributed by atoms with E-state index < -0.39 is 43.1 Å². The van der Waals surface area contributed by atoms with E-state index >= 15 is 0 Å². The highest BCUT2D eigenvalue weighted by molar-refractivity contribution is 7.67. The molecule has 0 saturated carbocycles. The summed E-state index contributed by atoms with van der Waals surface area (Å²) in [6.45, 7) is 1.64. The smallest absolute Gasteiger partial charge is 0.335 e. The minimum atomic E-state index is -2.27. The number of para-hydroxylation sites is 2. The van der Waals surface area contributed by atoms with Crippen LogP contribution in [0.3, 0.4) is 0 Å². The molecule has 0 aliphatic carbocycles. The van der Waals surface area contributed by atoms with E-state index in [0.717, 1.165) is 24.3 Å². The fourth-order valence-electron chi connectivity index (χ4n) is 2.07. The summed E-state index contributed by atoms with van der Waals surface area (Å²) in [5.41, 5.74) is 0.480. The van der Waals surface area contributed by atoms with Gasteiger partial charge in [-0.1, -0.05) is 12.1 Å². The molecule has 0 amide bonds. The van der Waals surface area contributed by atoms with Gasteiger partial charge in [0, 0.05) is 7.05 Å². The van der Waals surface area contributed by atoms with Gasteiger partial charge in [-0.15, -0.1) is 0 Å². The number of hydrogen-bond donors (Lipinski definition) is 0. The first kappa shape index (κ1) is 18.6. The molecule has 136 valence electrons. The van der Waals surface area contributed by atoms with Crippen LogP contribution in [0.1, 0.15) is 5.69 Å². The maximum Gasteiger partial charge on any atom is 0.335 e. The van der Waals surface area contributed by atoms with Gasteiger partial charge in [-0.3, -0.25) is 0 Å². The van der Waals surface area contributed by atoms with Gasteiger partial charge in [0.15, 0.2) is 34.8 Å². The molecule has 0 aliphatic rings. The van der Waals surface area contributed by atoms with Gasteiger partial charge in [0.05, 0.1) is 14.0 Å². The van der Waals surface area contributed by atoms with Crippen molar-refractivity contribution < 1.29 is 26.6 Å². The van der Waals surface area contributed by atoms with Gasteiger partial charge in [-0.05, 0) is 31.2 Å². The van der Waals surface area contributed by atoms with Crippen LogP contribution in [0.25, 0.3) is 0 Å². The predicted molar refractivity (Wildman–Crippen MR) is 91.0 cm³/mol. The average Bonchev–Trinajstić information content (AvgIpc) is 2.91. The van der Waals surface area contributed by atoms with Crippen molar-refractivity contribution in [3.8, 4) is 11.5 Å². The lowest BCUT2D eigenvalue weighted by Gasteiger charge is -2.19. The minimum absolute atomic E-state index is 0.424. The Balaban J connectivity index is 2.04. The van der Waals surface area contributed by atoms with Crippen LogP contribution in [0.2, 0.25) is 0 Å². The van der Waals surface area contributed by atoms with Gasteiger partial charge in [0.25, 0.3) is 0 Å². The van der Waals surface area contributed by atoms with Gasteiger partial charge in [0.2, 0.25) is 0 Å². The fourth-order valence-corrected chi connectivity index (χ4v) is 4.84. The summed E-state index contributed by atoms with van der Waals surface area (Å²) in [6, 6.07) is 6.41. The molecule has 0 radical (unpaired) electrons. The molecular weight excluding hydrogens is 390 g/mol. The molecule has 1 heterocycles. The van der Waals surface area contributed by atoms with Crippen molar-refractivity contribution in [3.05, 3.63) is 65.4 Å². The van der Waals surface area contributed by atoms with Crippen molar-refractivity contribution in [2.24, 2.45) is 7.05 Å². The molecule has 0 atom stereocenters. The van der Waals surface area contributed by atoms with Gasteiger partial charge in [-0.25, -0.2) is 22.0 Å². The number of benzene rings is 2. The van der Waals surface area contributed by atoms with E-state index in [4.69, 9.17) is 9.05 Å². The van der Waals surface area contributed by atoms with E-state index in [9.17, 15) is 17.6 Å². The monoisotopic (exact) mass is 402 g/mol. The molecular formula is C16H12F4N2O2P2. The Bertz CT molecular complexity index is 858. The highest BCUT2D eigenvalue weighted by atomic mass is 31.2. The van der Waals surface area contributed by atoms with Gasteiger partial charge < -0.3 is 9.05 Å². The number of nitrogens with zero attached hydrogens (tertiary/aromatic N) is 2. The summed E-state index contributed by atoms with van der Waals surface area (Å²) in [4.78, 5) is 0. The largest absolute Gasteiger partial charge is 0.429 e. The van der Waals surface area contributed by atoms with Gasteiger partial charge >= 0.3 is 8.38 Å². The van der Waals surface area contributed by atoms with Crippen molar-refractivity contribution in [1.82, 2.24) is 9.54 Å². The van der Waals surface area contributed by atoms with E-state index in [1.54, 1.807) is 14.0 Å². The maximum absolute atomic E-state index is 14.0. The Kier molecular flexibility index (Phi) is 5.44. The third kappa shape index (κ3) is 3.81. The molecule has 0 unspecified atom stereocenters. The van der Waals surface area contributed by atoms with Gasteiger partial charge in [0.1, 0.15) is 5.04 Å². The lowest BCUT2D eigenvalue weighted by Crippen LogP contribution is -2.11. The van der Waals surface area contributed by atoms with Crippen LogP contribution in [0.5, 0.6) is 11.5 Å². The molecule has 3 rings (SSSR count). The zero-order valence-electron chi connectivity index (χ0n) is 13.6. The first-order chi connectivity index (χ1) is 12.4. The quantitative estimate of drug-likeness (QED) is 0.447. The molecule has 1 aromatic heterocycles. The van der Waals surface area contributed by atoms with Crippen molar-refractivity contribution in [1.29, 1.82) is 0 Å². The highest BCUT2D eigenvalue weighted by Crippen LogP contribution is 2.45. The van der Waals surface area contributed by atoms with Crippen molar-refractivity contribution in [2.75, 3.05) is 0 Å². The Labute approximate surface area is 149 Å². The SMILES string of the molecule is Cc1nn(C)pc1P(Oc1c(F)cccc1F)Oc1c(F)cccc1F. The fraction of sp³-hybridized carbons (Fsp3) is 0.125. The minimum Gasteiger partial charge on any atom is -0.429 e. The normalized spacial score (nSPS) is 11.3. The molecule has 0 fully saturated rings. The number of aryl methyl sites for hydroxylation is 2. The number of halogens is 4. The van der Waals surface area contributed by atoms with Gasteiger partial charge in [-0.2, -0.15) is 5.10 Å². The van der Waals surface area contributed by atoms with E-state index in [-0.39, 0.29) is 0 Å². The van der Waals surface area contributed by atoms with E-state index in [1.807, 2.05) is 0 Å². The Morgan fingerprint density at radius 2 is 1.31 bits per heavy atom. The van der Waals surface area contributed by atoms with Crippen molar-refractivity contribution in [3.63, 3.8) is 0 Å². The number of hydrogen-bond acceptors (Lipinski definition) is 3. The second kappa shape index (κ2) is 7.60. The maximum atomic E-state index is 14.0. The van der Waals surface area contributed by atoms with Crippen LogP contribution in [0, 0.1) is 30.2 Å². The second-order valence-corrected chi connectivity index (χ2v) is 8.05. The zero-order valence-corrected chi connectivity index (χ0v) is 15.4. The van der Waals surface area contributed by atoms with Crippen molar-refractivity contribution in [2.45, 2.75) is 6.92 Å². The first-order valence-corrected chi connectivity index (χ1v) is 9.31. The topological polar surface area (TPSA) is 36.3 Å². The lowest BCUT2D eigenvalue weighted by molar-refractivity contribution is 0.416. The molecule has 3 aromatic rings. The van der Waals surface area contributed by atoms with Crippen LogP contribution >= 0.6 is 16.7 Å². The van der Waals surface area contributed by atoms with Crippen LogP contribution in [0.4, 0.5) is 17.6 Å². The molecule has 0 saturated heterocycles. The molecule has 4 nitrogen and oxygen atoms in total. The Morgan fingerprint density at radius 3 is 1.65 bits per heavy atom. The highest BCUT2D eigenvalue weighted by Gasteiger charge is 2.29. The molecule has 2 aromatic carbocycles. The summed E-state index contributed by atoms with van der Waals surface area (Å²) in [7, 11) is -0.0882. The van der Waals surface area contributed by atoms with E-state index in [2.05, 4.69) is 5.10 Å². The summed E-state index contributed by atoms with van der Waals surface area (Å²) in [6.07, 6.45) is 0. The summed E-state index contributed by atoms with van der Waals surface area (Å²) in [5, 5.41) is 4.57. The third-order valence-electron chi connectivity index (χ3n) is 3.22. The standard InChI is InChI=1S/C16H12F4N2O2P2/c1-9-16(25-22(2)21-9)26(23-14-10(17)5-3-6-11(14)18)24-15-12(19)7-4-8-13(15)20/h3-8H,1-2H3. The van der Waals surface area contributed by atoms with E-state index in [1.165, 1.54) is 16.6 Å². The molecule has 0 spiro atoms. The molecule has 0 N–H and O–H groups in total. The summed E-state index contributed by atoms with van der Waals surface area (Å²) < 4.78 is 68.2. The van der Waals surface area contributed by atoms with Crippen molar-refractivity contribution >= 4 is 21.8 Å². The first-order valence-electron chi connectivity index (χ1n) is 7.29. The van der Waals surface area contributed by atoms with E-state index in [0.29, 0.717) is 19.1 Å². The predicted octanol–water partition coefficient (Wildman–Crippen LogP) is 4.96. The molecule has 0 aliphatic heterocycles. The lowest BCUT2D eigenvalue weighted by atomic mass is 10.3. The summed E-state index contributed by atoms with van der Waals surface area (Å²) in [5.74, 6) is -5.16. The Hall–Kier alpha value is -2.17.